The standard InChI is InChI=1S/C14H10O4S2/c1-18-7-2-3-8-9(6-7)12(16)13(17)10(11(8)15)14-19-4-5-20-14/h2-3,6H,4-5H2,1H3. The number of thioether (sulfide) groups is 2. The summed E-state index contributed by atoms with van der Waals surface area (Å²) in [5, 5.41) is 0. The fourth-order valence-electron chi connectivity index (χ4n) is 2.15. The lowest BCUT2D eigenvalue weighted by Gasteiger charge is -2.17. The molecule has 1 aliphatic heterocycles. The Morgan fingerprint density at radius 1 is 0.950 bits per heavy atom. The molecule has 0 radical (unpaired) electrons. The van der Waals surface area contributed by atoms with Crippen molar-refractivity contribution in [2.45, 2.75) is 0 Å². The summed E-state index contributed by atoms with van der Waals surface area (Å²) >= 11 is 2.93. The highest BCUT2D eigenvalue weighted by Crippen LogP contribution is 2.41. The van der Waals surface area contributed by atoms with Gasteiger partial charge in [-0.1, -0.05) is 0 Å². The van der Waals surface area contributed by atoms with Crippen LogP contribution in [0.4, 0.5) is 0 Å². The smallest absolute Gasteiger partial charge is 0.239 e. The maximum atomic E-state index is 12.5. The maximum Gasteiger partial charge on any atom is 0.239 e. The van der Waals surface area contributed by atoms with Gasteiger partial charge >= 0.3 is 0 Å². The lowest BCUT2D eigenvalue weighted by Crippen LogP contribution is -2.30. The second-order valence-electron chi connectivity index (χ2n) is 4.26. The Bertz CT molecular complexity index is 668. The molecule has 6 heteroatoms. The summed E-state index contributed by atoms with van der Waals surface area (Å²) in [5.41, 5.74) is 0.461. The second-order valence-corrected chi connectivity index (χ2v) is 6.73. The first kappa shape index (κ1) is 13.5. The van der Waals surface area contributed by atoms with Crippen LogP contribution in [0.3, 0.4) is 0 Å². The number of Topliss-reactive ketones (excluding diaryl/α,β-unsaturated/α-hetero) is 3. The van der Waals surface area contributed by atoms with E-state index in [-0.39, 0.29) is 22.5 Å². The van der Waals surface area contributed by atoms with E-state index in [0.717, 1.165) is 11.5 Å². The summed E-state index contributed by atoms with van der Waals surface area (Å²) in [6, 6.07) is 4.62. The number of ether oxygens (including phenoxy) is 1. The Balaban J connectivity index is 2.18. The largest absolute Gasteiger partial charge is 0.497 e. The molecule has 1 aromatic rings. The molecule has 0 spiro atoms. The van der Waals surface area contributed by atoms with Crippen molar-refractivity contribution >= 4 is 40.9 Å². The molecule has 1 aromatic carbocycles. The van der Waals surface area contributed by atoms with E-state index in [4.69, 9.17) is 4.74 Å². The highest BCUT2D eigenvalue weighted by molar-refractivity contribution is 8.25. The average Bonchev–Trinajstić information content (AvgIpc) is 2.98. The number of hydrogen-bond acceptors (Lipinski definition) is 6. The third-order valence-corrected chi connectivity index (χ3v) is 5.84. The zero-order valence-corrected chi connectivity index (χ0v) is 12.2. The second kappa shape index (κ2) is 5.10. The van der Waals surface area contributed by atoms with Crippen molar-refractivity contribution in [3.63, 3.8) is 0 Å². The number of hydrogen-bond donors (Lipinski definition) is 0. The van der Waals surface area contributed by atoms with Crippen LogP contribution in [0.2, 0.25) is 0 Å². The van der Waals surface area contributed by atoms with Crippen LogP contribution < -0.4 is 4.74 Å². The van der Waals surface area contributed by atoms with Crippen molar-refractivity contribution in [2.75, 3.05) is 18.6 Å². The average molecular weight is 306 g/mol. The van der Waals surface area contributed by atoms with Crippen LogP contribution >= 0.6 is 23.5 Å². The van der Waals surface area contributed by atoms with Gasteiger partial charge < -0.3 is 4.74 Å². The molecule has 0 amide bonds. The number of ketones is 3. The van der Waals surface area contributed by atoms with Crippen molar-refractivity contribution < 1.29 is 19.1 Å². The van der Waals surface area contributed by atoms with E-state index in [0.29, 0.717) is 9.99 Å². The van der Waals surface area contributed by atoms with Gasteiger partial charge in [0.25, 0.3) is 0 Å². The molecule has 3 rings (SSSR count). The van der Waals surface area contributed by atoms with Crippen LogP contribution in [0.5, 0.6) is 5.75 Å². The van der Waals surface area contributed by atoms with Gasteiger partial charge in [0.15, 0.2) is 5.78 Å². The lowest BCUT2D eigenvalue weighted by molar-refractivity contribution is -0.111. The zero-order chi connectivity index (χ0) is 14.3. The zero-order valence-electron chi connectivity index (χ0n) is 10.6. The molecule has 0 aromatic heterocycles. The molecule has 102 valence electrons. The number of carbonyl (C=O) groups excluding carboxylic acids is 3. The molecule has 1 saturated heterocycles. The Labute approximate surface area is 123 Å². The van der Waals surface area contributed by atoms with Gasteiger partial charge in [0.2, 0.25) is 11.6 Å². The molecule has 4 nitrogen and oxygen atoms in total. The topological polar surface area (TPSA) is 60.4 Å². The first-order valence-corrected chi connectivity index (χ1v) is 7.92. The highest BCUT2D eigenvalue weighted by Gasteiger charge is 2.38. The first-order valence-electron chi connectivity index (χ1n) is 5.95. The normalized spacial score (nSPS) is 18.6. The van der Waals surface area contributed by atoms with Crippen molar-refractivity contribution in [3.05, 3.63) is 39.1 Å². The van der Waals surface area contributed by atoms with Gasteiger partial charge in [-0.3, -0.25) is 14.4 Å². The predicted molar refractivity (Wildman–Crippen MR) is 78.6 cm³/mol. The van der Waals surface area contributed by atoms with E-state index in [1.165, 1.54) is 36.7 Å². The molecule has 1 heterocycles. The summed E-state index contributed by atoms with van der Waals surface area (Å²) in [7, 11) is 1.47. The van der Waals surface area contributed by atoms with Gasteiger partial charge in [-0.25, -0.2) is 0 Å². The summed E-state index contributed by atoms with van der Waals surface area (Å²) in [6.45, 7) is 0. The summed E-state index contributed by atoms with van der Waals surface area (Å²) in [4.78, 5) is 36.8. The Morgan fingerprint density at radius 2 is 1.65 bits per heavy atom. The summed E-state index contributed by atoms with van der Waals surface area (Å²) in [6.07, 6.45) is 0. The highest BCUT2D eigenvalue weighted by atomic mass is 32.2. The van der Waals surface area contributed by atoms with E-state index in [1.54, 1.807) is 12.1 Å². The fraction of sp³-hybridized carbons (Fsp3) is 0.214. The minimum absolute atomic E-state index is 0.0418. The van der Waals surface area contributed by atoms with Gasteiger partial charge in [0, 0.05) is 22.6 Å². The van der Waals surface area contributed by atoms with E-state index in [2.05, 4.69) is 0 Å². The van der Waals surface area contributed by atoms with Gasteiger partial charge in [0.1, 0.15) is 5.75 Å². The summed E-state index contributed by atoms with van der Waals surface area (Å²) < 4.78 is 5.71. The molecule has 0 atom stereocenters. The van der Waals surface area contributed by atoms with Gasteiger partial charge in [0.05, 0.1) is 16.9 Å². The monoisotopic (exact) mass is 306 g/mol. The van der Waals surface area contributed by atoms with E-state index < -0.39 is 11.6 Å². The molecule has 1 fully saturated rings. The number of methoxy groups -OCH3 is 1. The Kier molecular flexibility index (Phi) is 3.43. The molecular weight excluding hydrogens is 296 g/mol. The van der Waals surface area contributed by atoms with E-state index >= 15 is 0 Å². The number of fused-ring (bicyclic) bond motifs is 1. The summed E-state index contributed by atoms with van der Waals surface area (Å²) in [5.74, 6) is 0.478. The van der Waals surface area contributed by atoms with Crippen molar-refractivity contribution in [1.29, 1.82) is 0 Å². The van der Waals surface area contributed by atoms with Crippen molar-refractivity contribution in [2.24, 2.45) is 0 Å². The number of rotatable bonds is 1. The fourth-order valence-corrected chi connectivity index (χ4v) is 4.68. The molecule has 2 aliphatic rings. The van der Waals surface area contributed by atoms with Crippen LogP contribution in [0.25, 0.3) is 0 Å². The SMILES string of the molecule is COc1ccc2c(c1)C(=O)C(=O)C(=C1SCCS1)C2=O. The van der Waals surface area contributed by atoms with Gasteiger partial charge in [-0.2, -0.15) is 0 Å². The Morgan fingerprint density at radius 3 is 2.30 bits per heavy atom. The van der Waals surface area contributed by atoms with Crippen LogP contribution in [0.15, 0.2) is 28.0 Å². The number of benzene rings is 1. The number of carbonyl (C=O) groups is 3. The first-order chi connectivity index (χ1) is 9.63. The molecule has 20 heavy (non-hydrogen) atoms. The third-order valence-electron chi connectivity index (χ3n) is 3.13. The maximum absolute atomic E-state index is 12.5. The van der Waals surface area contributed by atoms with Crippen molar-refractivity contribution in [3.8, 4) is 5.75 Å². The van der Waals surface area contributed by atoms with E-state index in [1.807, 2.05) is 0 Å². The van der Waals surface area contributed by atoms with Crippen LogP contribution in [0, 0.1) is 0 Å². The van der Waals surface area contributed by atoms with E-state index in [9.17, 15) is 14.4 Å². The van der Waals surface area contributed by atoms with Gasteiger partial charge in [-0.15, -0.1) is 23.5 Å². The lowest BCUT2D eigenvalue weighted by atomic mass is 9.85. The minimum atomic E-state index is -0.701. The van der Waals surface area contributed by atoms with Crippen LogP contribution in [-0.2, 0) is 4.79 Å². The molecule has 0 unspecified atom stereocenters. The third kappa shape index (κ3) is 1.99. The minimum Gasteiger partial charge on any atom is -0.497 e. The quantitative estimate of drug-likeness (QED) is 0.451. The van der Waals surface area contributed by atoms with Crippen molar-refractivity contribution in [1.82, 2.24) is 0 Å². The molecule has 0 saturated carbocycles. The molecule has 1 aliphatic carbocycles. The Hall–Kier alpha value is -1.53. The number of allylic oxidation sites excluding steroid dienone is 1. The molecule has 0 bridgehead atoms. The van der Waals surface area contributed by atoms with Crippen LogP contribution in [0.1, 0.15) is 20.7 Å². The molecular formula is C14H10O4S2. The van der Waals surface area contributed by atoms with Gasteiger partial charge in [-0.05, 0) is 18.2 Å². The molecule has 0 N–H and O–H groups in total. The predicted octanol–water partition coefficient (Wildman–Crippen LogP) is 2.33. The van der Waals surface area contributed by atoms with Crippen LogP contribution in [-0.4, -0.2) is 36.0 Å².